The van der Waals surface area contributed by atoms with Crippen molar-refractivity contribution >= 4 is 23.8 Å². The van der Waals surface area contributed by atoms with Crippen molar-refractivity contribution in [1.82, 2.24) is 0 Å². The number of rotatable bonds is 7. The van der Waals surface area contributed by atoms with Crippen molar-refractivity contribution in [3.63, 3.8) is 0 Å². The highest BCUT2D eigenvalue weighted by Crippen LogP contribution is 2.38. The number of hydrogen-bond acceptors (Lipinski definition) is 4. The van der Waals surface area contributed by atoms with Crippen molar-refractivity contribution in [2.24, 2.45) is 0 Å². The van der Waals surface area contributed by atoms with Crippen LogP contribution in [-0.2, 0) is 5.41 Å². The third kappa shape index (κ3) is 5.95. The molecule has 4 aromatic rings. The van der Waals surface area contributed by atoms with Gasteiger partial charge in [-0.3, -0.25) is 10.1 Å². The lowest BCUT2D eigenvalue weighted by molar-refractivity contribution is -0.385. The summed E-state index contributed by atoms with van der Waals surface area (Å²) in [4.78, 5) is 23.2. The highest BCUT2D eigenvalue weighted by molar-refractivity contribution is 5.94. The molecule has 0 heterocycles. The van der Waals surface area contributed by atoms with E-state index in [0.717, 1.165) is 11.1 Å². The number of nitro groups is 1. The quantitative estimate of drug-likeness (QED) is 0.153. The van der Waals surface area contributed by atoms with Crippen LogP contribution in [0.1, 0.15) is 47.8 Å². The third-order valence-electron chi connectivity index (χ3n) is 6.01. The summed E-state index contributed by atoms with van der Waals surface area (Å²) in [5.41, 5.74) is 2.89. The molecule has 38 heavy (non-hydrogen) atoms. The molecule has 0 aliphatic carbocycles. The predicted octanol–water partition coefficient (Wildman–Crippen LogP) is 8.36. The second kappa shape index (κ2) is 10.7. The maximum absolute atomic E-state index is 13.3. The zero-order chi connectivity index (χ0) is 27.4. The fraction of sp³-hybridized carbons (Fsp3) is 0.129. The van der Waals surface area contributed by atoms with E-state index < -0.39 is 10.9 Å². The Labute approximate surface area is 219 Å². The lowest BCUT2D eigenvalue weighted by Crippen LogP contribution is -2.12. The Morgan fingerprint density at radius 3 is 2.24 bits per heavy atom. The van der Waals surface area contributed by atoms with Gasteiger partial charge in [-0.1, -0.05) is 75.4 Å². The Kier molecular flexibility index (Phi) is 7.39. The molecular weight excluding hydrogens is 485 g/mol. The summed E-state index contributed by atoms with van der Waals surface area (Å²) in [7, 11) is 0. The van der Waals surface area contributed by atoms with Crippen molar-refractivity contribution in [1.29, 1.82) is 0 Å². The van der Waals surface area contributed by atoms with E-state index in [2.05, 4.69) is 0 Å². The fourth-order valence-corrected chi connectivity index (χ4v) is 4.06. The van der Waals surface area contributed by atoms with Crippen LogP contribution in [0.4, 0.5) is 10.1 Å². The molecule has 0 amide bonds. The molecule has 0 bridgehead atoms. The van der Waals surface area contributed by atoms with Crippen LogP contribution in [-0.4, -0.2) is 16.0 Å². The number of aromatic carboxylic acids is 1. The van der Waals surface area contributed by atoms with E-state index in [9.17, 15) is 24.4 Å². The van der Waals surface area contributed by atoms with Crippen LogP contribution in [0.2, 0.25) is 0 Å². The molecule has 1 N–H and O–H groups in total. The summed E-state index contributed by atoms with van der Waals surface area (Å²) in [5.74, 6) is -0.835. The molecule has 0 saturated heterocycles. The van der Waals surface area contributed by atoms with Crippen molar-refractivity contribution < 1.29 is 24.0 Å². The smallest absolute Gasteiger partial charge is 0.336 e. The number of carbonyl (C=O) groups is 1. The first-order valence-electron chi connectivity index (χ1n) is 11.9. The van der Waals surface area contributed by atoms with Crippen LogP contribution in [0, 0.1) is 15.9 Å². The number of para-hydroxylation sites is 1. The Balaban J connectivity index is 1.69. The van der Waals surface area contributed by atoms with Gasteiger partial charge in [0.25, 0.3) is 0 Å². The minimum absolute atomic E-state index is 0.0698. The molecule has 0 aliphatic rings. The Morgan fingerprint density at radius 2 is 1.58 bits per heavy atom. The molecule has 0 radical (unpaired) electrons. The van der Waals surface area contributed by atoms with Gasteiger partial charge in [-0.2, -0.15) is 0 Å². The number of hydrogen-bond donors (Lipinski definition) is 1. The highest BCUT2D eigenvalue weighted by Gasteiger charge is 2.22. The third-order valence-corrected chi connectivity index (χ3v) is 6.01. The molecule has 6 nitrogen and oxygen atoms in total. The summed E-state index contributed by atoms with van der Waals surface area (Å²) in [6, 6.07) is 22.7. The van der Waals surface area contributed by atoms with E-state index in [-0.39, 0.29) is 28.2 Å². The number of nitro benzene ring substituents is 1. The molecule has 0 spiro atoms. The molecule has 0 unspecified atom stereocenters. The standard InChI is InChI=1S/C31H26FNO5/c1-31(2,3)26-6-4-5-7-28(26)38-29-17-9-20(18-27(29)33(36)37)8-10-23-19-22(13-16-25(23)30(34)35)21-11-14-24(32)15-12-21/h4-19H,1-3H3,(H,34,35)/b10-8+. The predicted molar refractivity (Wildman–Crippen MR) is 146 cm³/mol. The normalized spacial score (nSPS) is 11.5. The first-order chi connectivity index (χ1) is 18.0. The average Bonchev–Trinajstić information content (AvgIpc) is 2.88. The second-order valence-corrected chi connectivity index (χ2v) is 9.78. The molecule has 0 atom stereocenters. The minimum Gasteiger partial charge on any atom is -0.478 e. The Morgan fingerprint density at radius 1 is 0.895 bits per heavy atom. The average molecular weight is 512 g/mol. The van der Waals surface area contributed by atoms with E-state index in [1.54, 1.807) is 48.6 Å². The lowest BCUT2D eigenvalue weighted by Gasteiger charge is -2.22. The molecular formula is C31H26FNO5. The summed E-state index contributed by atoms with van der Waals surface area (Å²) >= 11 is 0. The van der Waals surface area contributed by atoms with Gasteiger partial charge in [0.05, 0.1) is 10.5 Å². The van der Waals surface area contributed by atoms with Gasteiger partial charge in [-0.05, 0) is 64.1 Å². The largest absolute Gasteiger partial charge is 0.478 e. The fourth-order valence-electron chi connectivity index (χ4n) is 4.06. The summed E-state index contributed by atoms with van der Waals surface area (Å²) in [6.07, 6.45) is 3.20. The molecule has 7 heteroatoms. The first kappa shape index (κ1) is 26.3. The van der Waals surface area contributed by atoms with Crippen molar-refractivity contribution in [3.05, 3.63) is 123 Å². The maximum Gasteiger partial charge on any atom is 0.336 e. The van der Waals surface area contributed by atoms with Crippen molar-refractivity contribution in [2.75, 3.05) is 0 Å². The van der Waals surface area contributed by atoms with Crippen LogP contribution in [0.3, 0.4) is 0 Å². The minimum atomic E-state index is -1.11. The molecule has 4 rings (SSSR count). The summed E-state index contributed by atoms with van der Waals surface area (Å²) < 4.78 is 19.3. The van der Waals surface area contributed by atoms with Crippen LogP contribution >= 0.6 is 0 Å². The first-order valence-corrected chi connectivity index (χ1v) is 11.9. The van der Waals surface area contributed by atoms with Gasteiger partial charge in [0.1, 0.15) is 11.6 Å². The van der Waals surface area contributed by atoms with Gasteiger partial charge in [0.2, 0.25) is 5.75 Å². The topological polar surface area (TPSA) is 89.7 Å². The van der Waals surface area contributed by atoms with Gasteiger partial charge in [0.15, 0.2) is 0 Å². The van der Waals surface area contributed by atoms with Crippen LogP contribution < -0.4 is 4.74 Å². The monoisotopic (exact) mass is 511 g/mol. The van der Waals surface area contributed by atoms with Crippen molar-refractivity contribution in [3.8, 4) is 22.6 Å². The molecule has 0 aromatic heterocycles. The van der Waals surface area contributed by atoms with Gasteiger partial charge in [0, 0.05) is 11.6 Å². The number of ether oxygens (including phenoxy) is 1. The van der Waals surface area contributed by atoms with Gasteiger partial charge >= 0.3 is 11.7 Å². The van der Waals surface area contributed by atoms with Gasteiger partial charge in [-0.15, -0.1) is 0 Å². The van der Waals surface area contributed by atoms with E-state index in [0.29, 0.717) is 22.4 Å². The van der Waals surface area contributed by atoms with Crippen LogP contribution in [0.25, 0.3) is 23.3 Å². The lowest BCUT2D eigenvalue weighted by atomic mass is 9.86. The molecule has 0 aliphatic heterocycles. The van der Waals surface area contributed by atoms with Gasteiger partial charge in [-0.25, -0.2) is 9.18 Å². The summed E-state index contributed by atoms with van der Waals surface area (Å²) in [6.45, 7) is 6.11. The number of carboxylic acids is 1. The van der Waals surface area contributed by atoms with E-state index >= 15 is 0 Å². The maximum atomic E-state index is 13.3. The van der Waals surface area contributed by atoms with E-state index in [4.69, 9.17) is 4.74 Å². The zero-order valence-corrected chi connectivity index (χ0v) is 21.1. The van der Waals surface area contributed by atoms with E-state index in [1.165, 1.54) is 30.3 Å². The number of carboxylic acid groups (broad SMARTS) is 1. The number of benzene rings is 4. The van der Waals surface area contributed by atoms with Crippen LogP contribution in [0.15, 0.2) is 84.9 Å². The molecule has 0 saturated carbocycles. The second-order valence-electron chi connectivity index (χ2n) is 9.78. The molecule has 4 aromatic carbocycles. The Hall–Kier alpha value is -4.78. The van der Waals surface area contributed by atoms with Crippen molar-refractivity contribution in [2.45, 2.75) is 26.2 Å². The molecule has 192 valence electrons. The summed E-state index contributed by atoms with van der Waals surface area (Å²) in [5, 5.41) is 21.5. The molecule has 0 fully saturated rings. The highest BCUT2D eigenvalue weighted by atomic mass is 19.1. The number of halogens is 1. The Bertz CT molecular complexity index is 1540. The number of nitrogens with zero attached hydrogens (tertiary/aromatic N) is 1. The SMILES string of the molecule is CC(C)(C)c1ccccc1Oc1ccc(/C=C/c2cc(-c3ccc(F)cc3)ccc2C(=O)O)cc1[N+](=O)[O-]. The van der Waals surface area contributed by atoms with Crippen LogP contribution in [0.5, 0.6) is 11.5 Å². The van der Waals surface area contributed by atoms with Gasteiger partial charge < -0.3 is 9.84 Å². The zero-order valence-electron chi connectivity index (χ0n) is 21.1. The van der Waals surface area contributed by atoms with E-state index in [1.807, 2.05) is 39.0 Å².